The van der Waals surface area contributed by atoms with E-state index in [9.17, 15) is 4.39 Å². The Balaban J connectivity index is 1.45. The summed E-state index contributed by atoms with van der Waals surface area (Å²) in [5.74, 6) is 0.675. The molecule has 1 unspecified atom stereocenters. The summed E-state index contributed by atoms with van der Waals surface area (Å²) < 4.78 is 19.1. The van der Waals surface area contributed by atoms with Crippen LogP contribution in [0.5, 0.6) is 5.75 Å². The van der Waals surface area contributed by atoms with Crippen molar-refractivity contribution in [2.24, 2.45) is 5.73 Å². The van der Waals surface area contributed by atoms with E-state index in [2.05, 4.69) is 9.80 Å². The van der Waals surface area contributed by atoms with Crippen LogP contribution in [0.1, 0.15) is 12.0 Å². The largest absolute Gasteiger partial charge is 0.488 e. The Hall–Kier alpha value is -1.17. The Morgan fingerprint density at radius 3 is 2.71 bits per heavy atom. The van der Waals surface area contributed by atoms with E-state index >= 15 is 0 Å². The molecular formula is C16H24FN3O. The van der Waals surface area contributed by atoms with E-state index in [-0.39, 0.29) is 11.9 Å². The fraction of sp³-hybridized carbons (Fsp3) is 0.625. The number of nitrogens with zero attached hydrogens (tertiary/aromatic N) is 2. The number of rotatable bonds is 5. The van der Waals surface area contributed by atoms with Crippen molar-refractivity contribution in [2.45, 2.75) is 18.9 Å². The second kappa shape index (κ2) is 6.73. The van der Waals surface area contributed by atoms with Crippen molar-refractivity contribution in [1.82, 2.24) is 9.80 Å². The molecule has 0 amide bonds. The molecule has 4 nitrogen and oxygen atoms in total. The lowest BCUT2D eigenvalue weighted by molar-refractivity contribution is 0.0921. The molecule has 1 fully saturated rings. The number of hydrogen-bond donors (Lipinski definition) is 1. The van der Waals surface area contributed by atoms with Gasteiger partial charge in [-0.2, -0.15) is 0 Å². The van der Waals surface area contributed by atoms with Crippen molar-refractivity contribution in [3.8, 4) is 5.75 Å². The highest BCUT2D eigenvalue weighted by atomic mass is 19.1. The molecule has 0 saturated carbocycles. The summed E-state index contributed by atoms with van der Waals surface area (Å²) >= 11 is 0. The van der Waals surface area contributed by atoms with E-state index in [0.29, 0.717) is 0 Å². The standard InChI is InChI=1S/C16H24FN3O/c17-14-2-3-16-13(10-14)11-15(21-16)12-20-8-6-19(7-9-20)5-1-4-18/h2-3,10,15H,1,4-9,11-12,18H2. The van der Waals surface area contributed by atoms with Gasteiger partial charge in [-0.1, -0.05) is 0 Å². The van der Waals surface area contributed by atoms with Crippen molar-refractivity contribution in [1.29, 1.82) is 0 Å². The number of hydrogen-bond acceptors (Lipinski definition) is 4. The van der Waals surface area contributed by atoms with Crippen LogP contribution in [-0.2, 0) is 6.42 Å². The molecule has 0 bridgehead atoms. The maximum absolute atomic E-state index is 13.2. The monoisotopic (exact) mass is 293 g/mol. The second-order valence-corrected chi connectivity index (χ2v) is 5.98. The summed E-state index contributed by atoms with van der Waals surface area (Å²) in [6.45, 7) is 7.17. The van der Waals surface area contributed by atoms with Gasteiger partial charge in [0.05, 0.1) is 0 Å². The smallest absolute Gasteiger partial charge is 0.123 e. The van der Waals surface area contributed by atoms with Gasteiger partial charge < -0.3 is 15.4 Å². The van der Waals surface area contributed by atoms with Crippen LogP contribution in [0.3, 0.4) is 0 Å². The van der Waals surface area contributed by atoms with Crippen LogP contribution < -0.4 is 10.5 Å². The predicted molar refractivity (Wildman–Crippen MR) is 81.1 cm³/mol. The minimum Gasteiger partial charge on any atom is -0.488 e. The summed E-state index contributed by atoms with van der Waals surface area (Å²) in [4.78, 5) is 4.93. The van der Waals surface area contributed by atoms with Gasteiger partial charge in [-0.3, -0.25) is 4.90 Å². The van der Waals surface area contributed by atoms with Crippen LogP contribution in [0.2, 0.25) is 0 Å². The molecule has 21 heavy (non-hydrogen) atoms. The molecule has 0 aromatic heterocycles. The van der Waals surface area contributed by atoms with Gasteiger partial charge in [0.15, 0.2) is 0 Å². The SMILES string of the molecule is NCCCN1CCN(CC2Cc3cc(F)ccc3O2)CC1. The molecule has 2 N–H and O–H groups in total. The van der Waals surface area contributed by atoms with Crippen LogP contribution in [0.15, 0.2) is 18.2 Å². The topological polar surface area (TPSA) is 41.7 Å². The van der Waals surface area contributed by atoms with E-state index in [0.717, 1.165) is 70.0 Å². The molecule has 116 valence electrons. The number of halogens is 1. The molecule has 2 aliphatic heterocycles. The molecule has 1 atom stereocenters. The summed E-state index contributed by atoms with van der Waals surface area (Å²) in [7, 11) is 0. The Labute approximate surface area is 125 Å². The highest BCUT2D eigenvalue weighted by Crippen LogP contribution is 2.29. The first-order valence-corrected chi connectivity index (χ1v) is 7.84. The number of benzene rings is 1. The molecule has 1 aromatic carbocycles. The predicted octanol–water partition coefficient (Wildman–Crippen LogP) is 1.10. The average molecular weight is 293 g/mol. The zero-order valence-electron chi connectivity index (χ0n) is 12.4. The van der Waals surface area contributed by atoms with Gasteiger partial charge in [-0.15, -0.1) is 0 Å². The lowest BCUT2D eigenvalue weighted by atomic mass is 10.1. The molecule has 0 aliphatic carbocycles. The maximum Gasteiger partial charge on any atom is 0.123 e. The number of piperazine rings is 1. The second-order valence-electron chi connectivity index (χ2n) is 5.98. The van der Waals surface area contributed by atoms with Crippen molar-refractivity contribution in [3.05, 3.63) is 29.6 Å². The highest BCUT2D eigenvalue weighted by molar-refractivity contribution is 5.37. The number of fused-ring (bicyclic) bond motifs is 1. The van der Waals surface area contributed by atoms with Gasteiger partial charge in [0.25, 0.3) is 0 Å². The van der Waals surface area contributed by atoms with Crippen LogP contribution >= 0.6 is 0 Å². The number of nitrogens with two attached hydrogens (primary N) is 1. The molecule has 0 spiro atoms. The Kier molecular flexibility index (Phi) is 4.73. The van der Waals surface area contributed by atoms with E-state index < -0.39 is 0 Å². The summed E-state index contributed by atoms with van der Waals surface area (Å²) in [6.07, 6.45) is 2.06. The quantitative estimate of drug-likeness (QED) is 0.882. The third-order valence-corrected chi connectivity index (χ3v) is 4.37. The van der Waals surface area contributed by atoms with E-state index in [1.807, 2.05) is 0 Å². The van der Waals surface area contributed by atoms with Gasteiger partial charge in [0.2, 0.25) is 0 Å². The molecule has 3 rings (SSSR count). The van der Waals surface area contributed by atoms with Crippen molar-refractivity contribution >= 4 is 0 Å². The third-order valence-electron chi connectivity index (χ3n) is 4.37. The minimum absolute atomic E-state index is 0.164. The van der Waals surface area contributed by atoms with Crippen LogP contribution in [-0.4, -0.2) is 61.7 Å². The fourth-order valence-electron chi connectivity index (χ4n) is 3.19. The molecule has 0 radical (unpaired) electrons. The van der Waals surface area contributed by atoms with Gasteiger partial charge in [0, 0.05) is 44.7 Å². The molecule has 5 heteroatoms. The van der Waals surface area contributed by atoms with Crippen LogP contribution in [0, 0.1) is 5.82 Å². The third kappa shape index (κ3) is 3.73. The van der Waals surface area contributed by atoms with Gasteiger partial charge >= 0.3 is 0 Å². The first-order chi connectivity index (χ1) is 10.2. The molecule has 1 aromatic rings. The van der Waals surface area contributed by atoms with Gasteiger partial charge in [-0.25, -0.2) is 4.39 Å². The lowest BCUT2D eigenvalue weighted by Crippen LogP contribution is -2.49. The van der Waals surface area contributed by atoms with E-state index in [4.69, 9.17) is 10.5 Å². The summed E-state index contributed by atoms with van der Waals surface area (Å²) in [6, 6.07) is 4.81. The Morgan fingerprint density at radius 2 is 1.95 bits per heavy atom. The molecule has 1 saturated heterocycles. The Bertz CT molecular complexity index is 475. The minimum atomic E-state index is -0.175. The van der Waals surface area contributed by atoms with Crippen LogP contribution in [0.25, 0.3) is 0 Å². The normalized spacial score (nSPS) is 23.0. The van der Waals surface area contributed by atoms with E-state index in [1.165, 1.54) is 6.07 Å². The Morgan fingerprint density at radius 1 is 1.19 bits per heavy atom. The average Bonchev–Trinajstić information content (AvgIpc) is 2.88. The summed E-state index contributed by atoms with van der Waals surface area (Å²) in [5, 5.41) is 0. The maximum atomic E-state index is 13.2. The first kappa shape index (κ1) is 14.8. The molecule has 2 heterocycles. The first-order valence-electron chi connectivity index (χ1n) is 7.84. The highest BCUT2D eigenvalue weighted by Gasteiger charge is 2.26. The lowest BCUT2D eigenvalue weighted by Gasteiger charge is -2.35. The van der Waals surface area contributed by atoms with Crippen LogP contribution in [0.4, 0.5) is 4.39 Å². The molecular weight excluding hydrogens is 269 g/mol. The van der Waals surface area contributed by atoms with Crippen molar-refractivity contribution < 1.29 is 9.13 Å². The van der Waals surface area contributed by atoms with Crippen molar-refractivity contribution in [3.63, 3.8) is 0 Å². The van der Waals surface area contributed by atoms with E-state index in [1.54, 1.807) is 12.1 Å². The van der Waals surface area contributed by atoms with Crippen molar-refractivity contribution in [2.75, 3.05) is 45.8 Å². The fourth-order valence-corrected chi connectivity index (χ4v) is 3.19. The van der Waals surface area contributed by atoms with Gasteiger partial charge in [0.1, 0.15) is 17.7 Å². The molecule has 2 aliphatic rings. The zero-order valence-corrected chi connectivity index (χ0v) is 12.4. The van der Waals surface area contributed by atoms with Gasteiger partial charge in [-0.05, 0) is 37.7 Å². The zero-order chi connectivity index (χ0) is 14.7. The number of ether oxygens (including phenoxy) is 1. The summed E-state index contributed by atoms with van der Waals surface area (Å²) in [5.41, 5.74) is 6.56.